The number of hydrogen-bond donors (Lipinski definition) is 2. The van der Waals surface area contributed by atoms with Gasteiger partial charge in [-0.3, -0.25) is 5.84 Å². The second-order valence-electron chi connectivity index (χ2n) is 4.54. The third-order valence-corrected chi connectivity index (χ3v) is 4.96. The molecule has 0 bridgehead atoms. The van der Waals surface area contributed by atoms with E-state index < -0.39 is 11.9 Å². The van der Waals surface area contributed by atoms with Gasteiger partial charge in [-0.25, -0.2) is 9.82 Å². The van der Waals surface area contributed by atoms with E-state index >= 15 is 0 Å². The van der Waals surface area contributed by atoms with Gasteiger partial charge in [-0.05, 0) is 39.4 Å². The molecule has 1 unspecified atom stereocenters. The number of aromatic nitrogens is 2. The highest BCUT2D eigenvalue weighted by Gasteiger charge is 2.25. The number of nitrogens with zero attached hydrogens (tertiary/aromatic N) is 2. The summed E-state index contributed by atoms with van der Waals surface area (Å²) < 4.78 is 18.8. The molecule has 0 amide bonds. The highest BCUT2D eigenvalue weighted by Crippen LogP contribution is 2.35. The summed E-state index contributed by atoms with van der Waals surface area (Å²) in [4.78, 5) is 0.791. The maximum absolute atomic E-state index is 14.3. The van der Waals surface area contributed by atoms with Crippen molar-refractivity contribution in [2.75, 3.05) is 0 Å². The number of halogens is 3. The summed E-state index contributed by atoms with van der Waals surface area (Å²) in [6, 6.07) is 2.80. The van der Waals surface area contributed by atoms with Crippen molar-refractivity contribution >= 4 is 39.1 Å². The van der Waals surface area contributed by atoms with E-state index in [0.29, 0.717) is 10.0 Å². The highest BCUT2D eigenvalue weighted by molar-refractivity contribution is 9.10. The predicted octanol–water partition coefficient (Wildman–Crippen LogP) is 3.77. The van der Waals surface area contributed by atoms with Crippen molar-refractivity contribution in [1.82, 2.24) is 15.0 Å². The SMILES string of the molecule is CC(C)c1nnsc1C(NN)c1ccc(Br)c(Cl)c1F. The molecule has 2 rings (SSSR count). The molecule has 0 aliphatic rings. The van der Waals surface area contributed by atoms with Crippen molar-refractivity contribution in [2.45, 2.75) is 25.8 Å². The van der Waals surface area contributed by atoms with Crippen LogP contribution in [0.3, 0.4) is 0 Å². The van der Waals surface area contributed by atoms with E-state index in [2.05, 4.69) is 30.9 Å². The molecule has 8 heteroatoms. The van der Waals surface area contributed by atoms with Crippen LogP contribution >= 0.6 is 39.1 Å². The van der Waals surface area contributed by atoms with Crippen LogP contribution in [0.15, 0.2) is 16.6 Å². The van der Waals surface area contributed by atoms with Gasteiger partial charge in [0, 0.05) is 10.0 Å². The Morgan fingerprint density at radius 1 is 1.45 bits per heavy atom. The summed E-state index contributed by atoms with van der Waals surface area (Å²) in [6.07, 6.45) is 0. The zero-order valence-electron chi connectivity index (χ0n) is 10.8. The first kappa shape index (κ1) is 15.8. The Labute approximate surface area is 133 Å². The van der Waals surface area contributed by atoms with E-state index in [4.69, 9.17) is 17.4 Å². The number of rotatable bonds is 4. The van der Waals surface area contributed by atoms with E-state index in [0.717, 1.165) is 10.6 Å². The minimum Gasteiger partial charge on any atom is -0.271 e. The van der Waals surface area contributed by atoms with Gasteiger partial charge in [0.1, 0.15) is 5.82 Å². The Bertz CT molecular complexity index is 619. The molecular formula is C12H13BrClFN4S. The normalized spacial score (nSPS) is 12.9. The lowest BCUT2D eigenvalue weighted by Gasteiger charge is -2.18. The van der Waals surface area contributed by atoms with Crippen LogP contribution in [0.4, 0.5) is 4.39 Å². The summed E-state index contributed by atoms with van der Waals surface area (Å²) in [6.45, 7) is 4.00. The molecule has 4 nitrogen and oxygen atoms in total. The second-order valence-corrected chi connectivity index (χ2v) is 6.56. The van der Waals surface area contributed by atoms with Crippen molar-refractivity contribution in [3.8, 4) is 0 Å². The Balaban J connectivity index is 2.53. The molecule has 0 radical (unpaired) electrons. The second kappa shape index (κ2) is 6.44. The third-order valence-electron chi connectivity index (χ3n) is 2.89. The average molecular weight is 380 g/mol. The Morgan fingerprint density at radius 3 is 2.75 bits per heavy atom. The Kier molecular flexibility index (Phi) is 5.09. The summed E-state index contributed by atoms with van der Waals surface area (Å²) >= 11 is 10.3. The van der Waals surface area contributed by atoms with Gasteiger partial charge < -0.3 is 0 Å². The molecule has 0 saturated carbocycles. The molecule has 0 spiro atoms. The molecule has 0 fully saturated rings. The number of benzene rings is 1. The van der Waals surface area contributed by atoms with Crippen LogP contribution in [-0.2, 0) is 0 Å². The fourth-order valence-corrected chi connectivity index (χ4v) is 3.24. The maximum atomic E-state index is 14.3. The first-order chi connectivity index (χ1) is 9.47. The van der Waals surface area contributed by atoms with Crippen LogP contribution in [0.2, 0.25) is 5.02 Å². The molecule has 1 atom stereocenters. The zero-order chi connectivity index (χ0) is 14.9. The summed E-state index contributed by atoms with van der Waals surface area (Å²) in [5, 5.41) is 4.12. The minimum atomic E-state index is -0.530. The average Bonchev–Trinajstić information content (AvgIpc) is 2.89. The molecule has 3 N–H and O–H groups in total. The number of hydrazine groups is 1. The molecule has 0 aliphatic carbocycles. The molecule has 108 valence electrons. The van der Waals surface area contributed by atoms with Gasteiger partial charge >= 0.3 is 0 Å². The van der Waals surface area contributed by atoms with Crippen LogP contribution < -0.4 is 11.3 Å². The molecule has 0 aliphatic heterocycles. The van der Waals surface area contributed by atoms with Gasteiger partial charge in [-0.15, -0.1) is 5.10 Å². The van der Waals surface area contributed by atoms with Crippen molar-refractivity contribution in [1.29, 1.82) is 0 Å². The Morgan fingerprint density at radius 2 is 2.15 bits per heavy atom. The van der Waals surface area contributed by atoms with Crippen LogP contribution in [0.5, 0.6) is 0 Å². The van der Waals surface area contributed by atoms with E-state index in [1.165, 1.54) is 11.5 Å². The third kappa shape index (κ3) is 2.87. The molecule has 1 aromatic carbocycles. The van der Waals surface area contributed by atoms with Gasteiger partial charge in [-0.1, -0.05) is 36.0 Å². The molecular weight excluding hydrogens is 367 g/mol. The van der Waals surface area contributed by atoms with Gasteiger partial charge in [0.2, 0.25) is 0 Å². The summed E-state index contributed by atoms with van der Waals surface area (Å²) in [7, 11) is 0. The predicted molar refractivity (Wildman–Crippen MR) is 82.3 cm³/mol. The number of nitrogens with one attached hydrogen (secondary N) is 1. The lowest BCUT2D eigenvalue weighted by molar-refractivity contribution is 0.559. The molecule has 20 heavy (non-hydrogen) atoms. The highest BCUT2D eigenvalue weighted by atomic mass is 79.9. The van der Waals surface area contributed by atoms with Gasteiger partial charge in [0.15, 0.2) is 0 Å². The smallest absolute Gasteiger partial charge is 0.148 e. The molecule has 0 saturated heterocycles. The molecule has 2 aromatic rings. The topological polar surface area (TPSA) is 63.8 Å². The van der Waals surface area contributed by atoms with Crippen molar-refractivity contribution in [2.24, 2.45) is 5.84 Å². The van der Waals surface area contributed by atoms with Crippen LogP contribution in [0.1, 0.15) is 41.9 Å². The van der Waals surface area contributed by atoms with Gasteiger partial charge in [0.25, 0.3) is 0 Å². The zero-order valence-corrected chi connectivity index (χ0v) is 14.0. The number of hydrogen-bond acceptors (Lipinski definition) is 5. The van der Waals surface area contributed by atoms with Crippen molar-refractivity contribution in [3.05, 3.63) is 43.6 Å². The van der Waals surface area contributed by atoms with E-state index in [1.54, 1.807) is 12.1 Å². The Hall–Kier alpha value is -0.600. The lowest BCUT2D eigenvalue weighted by Crippen LogP contribution is -2.29. The largest absolute Gasteiger partial charge is 0.271 e. The first-order valence-electron chi connectivity index (χ1n) is 5.89. The summed E-state index contributed by atoms with van der Waals surface area (Å²) in [5.74, 6) is 5.27. The van der Waals surface area contributed by atoms with Crippen molar-refractivity contribution in [3.63, 3.8) is 0 Å². The lowest BCUT2D eigenvalue weighted by atomic mass is 10.0. The van der Waals surface area contributed by atoms with Crippen LogP contribution in [-0.4, -0.2) is 9.59 Å². The van der Waals surface area contributed by atoms with Crippen molar-refractivity contribution < 1.29 is 4.39 Å². The molecule has 1 heterocycles. The van der Waals surface area contributed by atoms with E-state index in [1.807, 2.05) is 13.8 Å². The van der Waals surface area contributed by atoms with E-state index in [-0.39, 0.29) is 10.9 Å². The van der Waals surface area contributed by atoms with E-state index in [9.17, 15) is 4.39 Å². The van der Waals surface area contributed by atoms with Gasteiger partial charge in [0.05, 0.1) is 21.6 Å². The molecule has 1 aromatic heterocycles. The number of nitrogens with two attached hydrogens (primary N) is 1. The quantitative estimate of drug-likeness (QED) is 0.482. The van der Waals surface area contributed by atoms with Crippen LogP contribution in [0, 0.1) is 5.82 Å². The van der Waals surface area contributed by atoms with Gasteiger partial charge in [-0.2, -0.15) is 0 Å². The maximum Gasteiger partial charge on any atom is 0.148 e. The van der Waals surface area contributed by atoms with Crippen LogP contribution in [0.25, 0.3) is 0 Å². The summed E-state index contributed by atoms with van der Waals surface area (Å²) in [5.41, 5.74) is 3.79. The fraction of sp³-hybridized carbons (Fsp3) is 0.333. The first-order valence-corrected chi connectivity index (χ1v) is 7.83. The standard InChI is InChI=1S/C12H13BrClFN4S/c1-5(2)10-12(20-19-18-10)11(17-16)6-3-4-7(13)8(14)9(6)15/h3-5,11,17H,16H2,1-2H3. The minimum absolute atomic E-state index is 0.0336. The monoisotopic (exact) mass is 378 g/mol. The fourth-order valence-electron chi connectivity index (χ4n) is 1.88.